The number of rotatable bonds is 8. The molecule has 2 atom stereocenters. The molecule has 0 aliphatic carbocycles. The van der Waals surface area contributed by atoms with Crippen LogP contribution in [-0.2, 0) is 14.6 Å². The summed E-state index contributed by atoms with van der Waals surface area (Å²) in [6, 6.07) is 16.8. The molecule has 5 nitrogen and oxygen atoms in total. The van der Waals surface area contributed by atoms with E-state index in [1.807, 2.05) is 19.9 Å². The molecule has 140 valence electrons. The number of hydrogen-bond acceptors (Lipinski definition) is 4. The lowest BCUT2D eigenvalue weighted by molar-refractivity contribution is -0.116. The Morgan fingerprint density at radius 3 is 2.08 bits per heavy atom. The summed E-state index contributed by atoms with van der Waals surface area (Å²) < 4.78 is 26.0. The number of benzene rings is 2. The van der Waals surface area contributed by atoms with E-state index in [9.17, 15) is 18.3 Å². The fourth-order valence-electron chi connectivity index (χ4n) is 2.79. The highest BCUT2D eigenvalue weighted by atomic mass is 32.2. The maximum atomic E-state index is 13.0. The summed E-state index contributed by atoms with van der Waals surface area (Å²) in [7, 11) is -3.84. The van der Waals surface area contributed by atoms with E-state index in [1.165, 1.54) is 12.1 Å². The number of hydrogen-bond donors (Lipinski definition) is 2. The third-order valence-electron chi connectivity index (χ3n) is 4.06. The Labute approximate surface area is 155 Å². The maximum absolute atomic E-state index is 13.0. The molecule has 0 aromatic heterocycles. The Kier molecular flexibility index (Phi) is 6.94. The van der Waals surface area contributed by atoms with Gasteiger partial charge in [0.2, 0.25) is 5.91 Å². The molecule has 0 saturated heterocycles. The molecule has 0 saturated carbocycles. The number of sulfone groups is 1. The van der Waals surface area contributed by atoms with Crippen LogP contribution in [0.5, 0.6) is 0 Å². The summed E-state index contributed by atoms with van der Waals surface area (Å²) >= 11 is 0. The zero-order chi connectivity index (χ0) is 19.2. The molecule has 0 fully saturated rings. The number of anilines is 1. The smallest absolute Gasteiger partial charge is 0.225 e. The highest BCUT2D eigenvalue weighted by Gasteiger charge is 2.35. The first-order chi connectivity index (χ1) is 12.3. The van der Waals surface area contributed by atoms with Gasteiger partial charge in [0.15, 0.2) is 9.84 Å². The van der Waals surface area contributed by atoms with E-state index >= 15 is 0 Å². The summed E-state index contributed by atoms with van der Waals surface area (Å²) in [5, 5.41) is 12.0. The SMILES string of the molecule is CC(C)CC(O)C(CC(=O)Nc1ccccc1)S(=O)(=O)c1ccccc1. The number of para-hydroxylation sites is 1. The minimum absolute atomic E-state index is 0.107. The van der Waals surface area contributed by atoms with Gasteiger partial charge in [0, 0.05) is 12.1 Å². The van der Waals surface area contributed by atoms with Gasteiger partial charge in [0.1, 0.15) is 5.25 Å². The molecule has 0 aliphatic rings. The van der Waals surface area contributed by atoms with Crippen LogP contribution in [0.25, 0.3) is 0 Å². The Balaban J connectivity index is 2.25. The van der Waals surface area contributed by atoms with E-state index in [0.717, 1.165) is 0 Å². The van der Waals surface area contributed by atoms with Crippen molar-refractivity contribution in [2.75, 3.05) is 5.32 Å². The van der Waals surface area contributed by atoms with Crippen LogP contribution in [0.2, 0.25) is 0 Å². The normalized spacial score (nSPS) is 14.0. The van der Waals surface area contributed by atoms with E-state index in [-0.39, 0.29) is 17.2 Å². The lowest BCUT2D eigenvalue weighted by atomic mass is 10.0. The highest BCUT2D eigenvalue weighted by molar-refractivity contribution is 7.92. The van der Waals surface area contributed by atoms with Gasteiger partial charge < -0.3 is 10.4 Å². The molecular weight excluding hydrogens is 350 g/mol. The van der Waals surface area contributed by atoms with E-state index in [0.29, 0.717) is 12.1 Å². The second kappa shape index (κ2) is 8.96. The third kappa shape index (κ3) is 5.41. The molecule has 0 bridgehead atoms. The zero-order valence-electron chi connectivity index (χ0n) is 15.0. The van der Waals surface area contributed by atoms with Crippen molar-refractivity contribution in [1.29, 1.82) is 0 Å². The summed E-state index contributed by atoms with van der Waals surface area (Å²) in [5.41, 5.74) is 0.590. The van der Waals surface area contributed by atoms with Crippen LogP contribution in [0.1, 0.15) is 26.7 Å². The number of amides is 1. The number of nitrogens with one attached hydrogen (secondary N) is 1. The Morgan fingerprint density at radius 1 is 1.00 bits per heavy atom. The van der Waals surface area contributed by atoms with Gasteiger partial charge in [-0.1, -0.05) is 50.2 Å². The molecule has 1 amide bonds. The molecule has 0 heterocycles. The lowest BCUT2D eigenvalue weighted by Gasteiger charge is -2.24. The average Bonchev–Trinajstić information content (AvgIpc) is 2.60. The molecule has 2 N–H and O–H groups in total. The van der Waals surface area contributed by atoms with Crippen LogP contribution < -0.4 is 5.32 Å². The number of carbonyl (C=O) groups is 1. The van der Waals surface area contributed by atoms with Crippen molar-refractivity contribution < 1.29 is 18.3 Å². The van der Waals surface area contributed by atoms with Crippen molar-refractivity contribution >= 4 is 21.4 Å². The van der Waals surface area contributed by atoms with Gasteiger partial charge in [0.25, 0.3) is 0 Å². The maximum Gasteiger partial charge on any atom is 0.225 e. The molecule has 6 heteroatoms. The highest BCUT2D eigenvalue weighted by Crippen LogP contribution is 2.24. The number of aliphatic hydroxyl groups excluding tert-OH is 1. The van der Waals surface area contributed by atoms with Gasteiger partial charge in [-0.05, 0) is 36.6 Å². The van der Waals surface area contributed by atoms with Gasteiger partial charge in [-0.3, -0.25) is 4.79 Å². The molecule has 2 unspecified atom stereocenters. The largest absolute Gasteiger partial charge is 0.392 e. The van der Waals surface area contributed by atoms with Crippen molar-refractivity contribution in [3.8, 4) is 0 Å². The van der Waals surface area contributed by atoms with E-state index < -0.39 is 27.1 Å². The van der Waals surface area contributed by atoms with Crippen molar-refractivity contribution in [3.63, 3.8) is 0 Å². The van der Waals surface area contributed by atoms with Crippen LogP contribution >= 0.6 is 0 Å². The molecule has 2 aromatic rings. The number of aliphatic hydroxyl groups is 1. The molecular formula is C20H25NO4S. The van der Waals surface area contributed by atoms with E-state index in [2.05, 4.69) is 5.32 Å². The quantitative estimate of drug-likeness (QED) is 0.742. The molecule has 0 radical (unpaired) electrons. The predicted octanol–water partition coefficient (Wildman–Crippen LogP) is 3.26. The van der Waals surface area contributed by atoms with Crippen LogP contribution in [0, 0.1) is 5.92 Å². The number of carbonyl (C=O) groups excluding carboxylic acids is 1. The van der Waals surface area contributed by atoms with Gasteiger partial charge in [-0.25, -0.2) is 8.42 Å². The topological polar surface area (TPSA) is 83.5 Å². The van der Waals surface area contributed by atoms with E-state index in [4.69, 9.17) is 0 Å². The first kappa shape index (κ1) is 20.1. The van der Waals surface area contributed by atoms with Crippen LogP contribution in [0.3, 0.4) is 0 Å². The zero-order valence-corrected chi connectivity index (χ0v) is 15.8. The van der Waals surface area contributed by atoms with Gasteiger partial charge in [-0.15, -0.1) is 0 Å². The predicted molar refractivity (Wildman–Crippen MR) is 103 cm³/mol. The van der Waals surface area contributed by atoms with Crippen LogP contribution in [-0.4, -0.2) is 30.8 Å². The van der Waals surface area contributed by atoms with Crippen LogP contribution in [0.4, 0.5) is 5.69 Å². The average molecular weight is 375 g/mol. The summed E-state index contributed by atoms with van der Waals surface area (Å²) in [5.74, 6) is -0.334. The third-order valence-corrected chi connectivity index (χ3v) is 6.26. The van der Waals surface area contributed by atoms with Crippen molar-refractivity contribution in [3.05, 3.63) is 60.7 Å². The Bertz CT molecular complexity index is 804. The van der Waals surface area contributed by atoms with Crippen LogP contribution in [0.15, 0.2) is 65.6 Å². The fraction of sp³-hybridized carbons (Fsp3) is 0.350. The first-order valence-electron chi connectivity index (χ1n) is 8.62. The first-order valence-corrected chi connectivity index (χ1v) is 10.2. The van der Waals surface area contributed by atoms with Gasteiger partial charge in [-0.2, -0.15) is 0 Å². The Hall–Kier alpha value is -2.18. The van der Waals surface area contributed by atoms with Gasteiger partial charge in [0.05, 0.1) is 11.0 Å². The molecule has 2 aromatic carbocycles. The second-order valence-electron chi connectivity index (χ2n) is 6.71. The fourth-order valence-corrected chi connectivity index (χ4v) is 4.57. The second-order valence-corrected chi connectivity index (χ2v) is 8.88. The van der Waals surface area contributed by atoms with Crippen molar-refractivity contribution in [1.82, 2.24) is 0 Å². The van der Waals surface area contributed by atoms with Crippen molar-refractivity contribution in [2.45, 2.75) is 42.9 Å². The summed E-state index contributed by atoms with van der Waals surface area (Å²) in [4.78, 5) is 12.5. The Morgan fingerprint density at radius 2 is 1.54 bits per heavy atom. The van der Waals surface area contributed by atoms with E-state index in [1.54, 1.807) is 42.5 Å². The summed E-state index contributed by atoms with van der Waals surface area (Å²) in [6.07, 6.45) is -1.13. The standard InChI is InChI=1S/C20H25NO4S/c1-15(2)13-18(22)19(26(24,25)17-11-7-4-8-12-17)14-20(23)21-16-9-5-3-6-10-16/h3-12,15,18-19,22H,13-14H2,1-2H3,(H,21,23). The lowest BCUT2D eigenvalue weighted by Crippen LogP contribution is -2.38. The molecule has 0 spiro atoms. The van der Waals surface area contributed by atoms with Crippen molar-refractivity contribution in [2.24, 2.45) is 5.92 Å². The monoisotopic (exact) mass is 375 g/mol. The molecule has 0 aliphatic heterocycles. The molecule has 26 heavy (non-hydrogen) atoms. The van der Waals surface area contributed by atoms with Gasteiger partial charge >= 0.3 is 0 Å². The minimum atomic E-state index is -3.84. The minimum Gasteiger partial charge on any atom is -0.392 e. The molecule has 2 rings (SSSR count). The summed E-state index contributed by atoms with van der Waals surface area (Å²) in [6.45, 7) is 3.80.